The van der Waals surface area contributed by atoms with Gasteiger partial charge in [-0.15, -0.1) is 0 Å². The molecule has 0 aromatic rings. The molecule has 1 unspecified atom stereocenters. The highest BCUT2D eigenvalue weighted by molar-refractivity contribution is 4.95. The van der Waals surface area contributed by atoms with Gasteiger partial charge in [-0.25, -0.2) is 0 Å². The van der Waals surface area contributed by atoms with Crippen LogP contribution in [0.2, 0.25) is 0 Å². The molecule has 0 spiro atoms. The fourth-order valence-electron chi connectivity index (χ4n) is 0.896. The van der Waals surface area contributed by atoms with Crippen molar-refractivity contribution >= 4 is 0 Å². The summed E-state index contributed by atoms with van der Waals surface area (Å²) < 4.78 is 0. The molecule has 0 aliphatic carbocycles. The summed E-state index contributed by atoms with van der Waals surface area (Å²) in [6.45, 7) is 8.62. The normalized spacial score (nSPS) is 15.8. The van der Waals surface area contributed by atoms with Gasteiger partial charge in [0.15, 0.2) is 0 Å². The summed E-state index contributed by atoms with van der Waals surface area (Å²) in [6.07, 6.45) is 5.74. The maximum atomic E-state index is 3.17. The third kappa shape index (κ3) is 3.34. The molecule has 0 fully saturated rings. The van der Waals surface area contributed by atoms with Gasteiger partial charge in [-0.05, 0) is 32.3 Å². The van der Waals surface area contributed by atoms with Gasteiger partial charge in [-0.2, -0.15) is 0 Å². The lowest BCUT2D eigenvalue weighted by molar-refractivity contribution is 0.599. The molecule has 0 amide bonds. The van der Waals surface area contributed by atoms with Crippen molar-refractivity contribution in [2.45, 2.75) is 40.5 Å². The molecule has 53 valence electrons. The average molecular weight is 125 g/mol. The molecule has 1 atom stereocenters. The fraction of sp³-hybridized carbons (Fsp3) is 0.778. The molecule has 0 aliphatic heterocycles. The Morgan fingerprint density at radius 1 is 1.56 bits per heavy atom. The van der Waals surface area contributed by atoms with Gasteiger partial charge >= 0.3 is 0 Å². The maximum Gasteiger partial charge on any atom is -0.0229 e. The Bertz CT molecular complexity index is 90.2. The molecule has 0 rings (SSSR count). The smallest absolute Gasteiger partial charge is 0.0229 e. The first kappa shape index (κ1) is 8.74. The SMILES string of the molecule is C/[C]=C(\C)C(C)CCC. The predicted octanol–water partition coefficient (Wildman–Crippen LogP) is 3.19. The van der Waals surface area contributed by atoms with Crippen LogP contribution in [0.1, 0.15) is 40.5 Å². The topological polar surface area (TPSA) is 0 Å². The first-order valence-electron chi connectivity index (χ1n) is 3.73. The van der Waals surface area contributed by atoms with Crippen molar-refractivity contribution in [1.29, 1.82) is 0 Å². The molecule has 0 aromatic carbocycles. The molecule has 0 saturated heterocycles. The summed E-state index contributed by atoms with van der Waals surface area (Å²) in [6, 6.07) is 0. The minimum atomic E-state index is 0.736. The lowest BCUT2D eigenvalue weighted by atomic mass is 9.98. The van der Waals surface area contributed by atoms with Crippen LogP contribution < -0.4 is 0 Å². The lowest BCUT2D eigenvalue weighted by Gasteiger charge is -2.08. The van der Waals surface area contributed by atoms with E-state index in [2.05, 4.69) is 26.8 Å². The van der Waals surface area contributed by atoms with Gasteiger partial charge in [0, 0.05) is 0 Å². The zero-order chi connectivity index (χ0) is 7.28. The first-order chi connectivity index (χ1) is 4.22. The van der Waals surface area contributed by atoms with Gasteiger partial charge in [0.05, 0.1) is 0 Å². The standard InChI is InChI=1S/C9H17/c1-5-7-9(4)8(3)6-2/h9H,5,7H2,1-4H3. The van der Waals surface area contributed by atoms with Crippen LogP contribution in [0.4, 0.5) is 0 Å². The van der Waals surface area contributed by atoms with E-state index in [0.29, 0.717) is 0 Å². The van der Waals surface area contributed by atoms with E-state index in [1.807, 2.05) is 6.92 Å². The number of hydrogen-bond acceptors (Lipinski definition) is 0. The van der Waals surface area contributed by atoms with Crippen molar-refractivity contribution in [2.24, 2.45) is 5.92 Å². The molecule has 0 nitrogen and oxygen atoms in total. The molecule has 1 radical (unpaired) electrons. The maximum absolute atomic E-state index is 3.17. The monoisotopic (exact) mass is 125 g/mol. The number of hydrogen-bond donors (Lipinski definition) is 0. The van der Waals surface area contributed by atoms with Crippen LogP contribution in [-0.2, 0) is 0 Å². The van der Waals surface area contributed by atoms with Crippen molar-refractivity contribution < 1.29 is 0 Å². The van der Waals surface area contributed by atoms with E-state index < -0.39 is 0 Å². The largest absolute Gasteiger partial charge is 0.0673 e. The van der Waals surface area contributed by atoms with Crippen molar-refractivity contribution in [1.82, 2.24) is 0 Å². The second-order valence-corrected chi connectivity index (χ2v) is 2.62. The molecule has 0 aromatic heterocycles. The van der Waals surface area contributed by atoms with Gasteiger partial charge in [0.25, 0.3) is 0 Å². The van der Waals surface area contributed by atoms with Crippen LogP contribution in [0.3, 0.4) is 0 Å². The highest BCUT2D eigenvalue weighted by Crippen LogP contribution is 2.14. The van der Waals surface area contributed by atoms with Crippen LogP contribution in [0.5, 0.6) is 0 Å². The Hall–Kier alpha value is -0.260. The second kappa shape index (κ2) is 4.60. The van der Waals surface area contributed by atoms with E-state index in [-0.39, 0.29) is 0 Å². The van der Waals surface area contributed by atoms with E-state index in [1.54, 1.807) is 0 Å². The molecule has 0 saturated carbocycles. The van der Waals surface area contributed by atoms with Crippen LogP contribution in [0.15, 0.2) is 5.57 Å². The van der Waals surface area contributed by atoms with E-state index in [0.717, 1.165) is 5.92 Å². The van der Waals surface area contributed by atoms with E-state index >= 15 is 0 Å². The Morgan fingerprint density at radius 2 is 2.11 bits per heavy atom. The molecule has 0 heteroatoms. The Morgan fingerprint density at radius 3 is 2.44 bits per heavy atom. The molecular formula is C9H17. The van der Waals surface area contributed by atoms with E-state index in [9.17, 15) is 0 Å². The van der Waals surface area contributed by atoms with Crippen LogP contribution in [-0.4, -0.2) is 0 Å². The third-order valence-corrected chi connectivity index (χ3v) is 1.86. The molecule has 0 aliphatic rings. The van der Waals surface area contributed by atoms with Gasteiger partial charge in [0.2, 0.25) is 0 Å². The fourth-order valence-corrected chi connectivity index (χ4v) is 0.896. The first-order valence-corrected chi connectivity index (χ1v) is 3.73. The van der Waals surface area contributed by atoms with Gasteiger partial charge in [0.1, 0.15) is 0 Å². The summed E-state index contributed by atoms with van der Waals surface area (Å²) >= 11 is 0. The Balaban J connectivity index is 3.59. The highest BCUT2D eigenvalue weighted by Gasteiger charge is 1.99. The molecule has 0 N–H and O–H groups in total. The second-order valence-electron chi connectivity index (χ2n) is 2.62. The highest BCUT2D eigenvalue weighted by atomic mass is 14.0. The average Bonchev–Trinajstić information content (AvgIpc) is 1.87. The number of allylic oxidation sites excluding steroid dienone is 2. The minimum absolute atomic E-state index is 0.736. The van der Waals surface area contributed by atoms with Gasteiger partial charge < -0.3 is 0 Å². The zero-order valence-corrected chi connectivity index (χ0v) is 6.99. The van der Waals surface area contributed by atoms with E-state index in [4.69, 9.17) is 0 Å². The van der Waals surface area contributed by atoms with Crippen molar-refractivity contribution in [3.8, 4) is 0 Å². The number of rotatable bonds is 3. The quantitative estimate of drug-likeness (QED) is 0.543. The zero-order valence-electron chi connectivity index (χ0n) is 6.99. The van der Waals surface area contributed by atoms with Crippen molar-refractivity contribution in [3.63, 3.8) is 0 Å². The summed E-state index contributed by atoms with van der Waals surface area (Å²) in [5, 5.41) is 0. The molecular weight excluding hydrogens is 108 g/mol. The summed E-state index contributed by atoms with van der Waals surface area (Å²) in [7, 11) is 0. The third-order valence-electron chi connectivity index (χ3n) is 1.86. The van der Waals surface area contributed by atoms with Crippen LogP contribution in [0, 0.1) is 12.0 Å². The molecule has 0 heterocycles. The molecule has 0 bridgehead atoms. The van der Waals surface area contributed by atoms with E-state index in [1.165, 1.54) is 18.4 Å². The minimum Gasteiger partial charge on any atom is -0.0673 e. The van der Waals surface area contributed by atoms with Crippen molar-refractivity contribution in [2.75, 3.05) is 0 Å². The Kier molecular flexibility index (Phi) is 4.47. The molecule has 9 heavy (non-hydrogen) atoms. The predicted molar refractivity (Wildman–Crippen MR) is 42.2 cm³/mol. The Labute approximate surface area is 59.0 Å². The summed E-state index contributed by atoms with van der Waals surface area (Å²) in [4.78, 5) is 0. The van der Waals surface area contributed by atoms with Gasteiger partial charge in [-0.3, -0.25) is 0 Å². The lowest BCUT2D eigenvalue weighted by Crippen LogP contribution is -1.94. The van der Waals surface area contributed by atoms with Crippen LogP contribution in [0.25, 0.3) is 0 Å². The van der Waals surface area contributed by atoms with Gasteiger partial charge in [-0.1, -0.05) is 25.8 Å². The summed E-state index contributed by atoms with van der Waals surface area (Å²) in [5.74, 6) is 0.736. The van der Waals surface area contributed by atoms with Crippen LogP contribution >= 0.6 is 0 Å². The summed E-state index contributed by atoms with van der Waals surface area (Å²) in [5.41, 5.74) is 1.40. The van der Waals surface area contributed by atoms with Crippen molar-refractivity contribution in [3.05, 3.63) is 11.6 Å².